The van der Waals surface area contributed by atoms with Gasteiger partial charge in [-0.2, -0.15) is 8.75 Å². The third kappa shape index (κ3) is 3.74. The molecule has 0 aliphatic rings. The Bertz CT molecular complexity index is 907. The summed E-state index contributed by atoms with van der Waals surface area (Å²) in [6.07, 6.45) is 3.18. The fourth-order valence-corrected chi connectivity index (χ4v) is 3.00. The van der Waals surface area contributed by atoms with Crippen molar-refractivity contribution in [1.29, 1.82) is 0 Å². The molecule has 25 heavy (non-hydrogen) atoms. The predicted molar refractivity (Wildman–Crippen MR) is 96.9 cm³/mol. The van der Waals surface area contributed by atoms with Crippen LogP contribution in [0.4, 0.5) is 0 Å². The van der Waals surface area contributed by atoms with Crippen molar-refractivity contribution in [3.63, 3.8) is 0 Å². The molecule has 0 atom stereocenters. The maximum Gasteiger partial charge on any atom is 0.246 e. The van der Waals surface area contributed by atoms with Crippen molar-refractivity contribution in [3.05, 3.63) is 48.3 Å². The fourth-order valence-electron chi connectivity index (χ4n) is 2.43. The Morgan fingerprint density at radius 3 is 2.80 bits per heavy atom. The lowest BCUT2D eigenvalue weighted by atomic mass is 10.1. The first kappa shape index (κ1) is 17.2. The number of benzene rings is 1. The molecule has 0 fully saturated rings. The van der Waals surface area contributed by atoms with Crippen LogP contribution in [0.3, 0.4) is 0 Å². The van der Waals surface area contributed by atoms with Gasteiger partial charge in [0.25, 0.3) is 0 Å². The highest BCUT2D eigenvalue weighted by molar-refractivity contribution is 7.00. The fraction of sp³-hybridized carbons (Fsp3) is 0.353. The van der Waals surface area contributed by atoms with Crippen LogP contribution in [-0.2, 0) is 23.4 Å². The average Bonchev–Trinajstić information content (AvgIpc) is 3.22. The molecule has 3 aromatic rings. The van der Waals surface area contributed by atoms with E-state index < -0.39 is 0 Å². The van der Waals surface area contributed by atoms with Crippen molar-refractivity contribution in [1.82, 2.24) is 28.6 Å². The Morgan fingerprint density at radius 1 is 1.32 bits per heavy atom. The molecular weight excluding hydrogens is 336 g/mol. The zero-order chi connectivity index (χ0) is 18.0. The van der Waals surface area contributed by atoms with Crippen LogP contribution in [0.15, 0.2) is 37.1 Å². The Balaban J connectivity index is 1.85. The van der Waals surface area contributed by atoms with Crippen molar-refractivity contribution in [2.75, 3.05) is 0 Å². The van der Waals surface area contributed by atoms with E-state index in [2.05, 4.69) is 25.6 Å². The van der Waals surface area contributed by atoms with Crippen molar-refractivity contribution in [3.8, 4) is 0 Å². The van der Waals surface area contributed by atoms with Crippen LogP contribution in [0.5, 0.6) is 0 Å². The lowest BCUT2D eigenvalue weighted by Crippen LogP contribution is -2.28. The summed E-state index contributed by atoms with van der Waals surface area (Å²) < 4.78 is 10.4. The van der Waals surface area contributed by atoms with Crippen LogP contribution in [0.25, 0.3) is 11.0 Å². The van der Waals surface area contributed by atoms with E-state index in [9.17, 15) is 4.79 Å². The van der Waals surface area contributed by atoms with Crippen LogP contribution in [-0.4, -0.2) is 34.5 Å². The van der Waals surface area contributed by atoms with Gasteiger partial charge < -0.3 is 4.90 Å². The zero-order valence-electron chi connectivity index (χ0n) is 14.5. The van der Waals surface area contributed by atoms with Crippen LogP contribution in [0.2, 0.25) is 0 Å². The largest absolute Gasteiger partial charge is 0.329 e. The second-order valence-electron chi connectivity index (χ2n) is 6.77. The smallest absolute Gasteiger partial charge is 0.246 e. The van der Waals surface area contributed by atoms with Crippen LogP contribution < -0.4 is 0 Å². The molecule has 0 saturated heterocycles. The summed E-state index contributed by atoms with van der Waals surface area (Å²) in [5.74, 6) is -0.162. The predicted octanol–water partition coefficient (Wildman–Crippen LogP) is 2.75. The maximum absolute atomic E-state index is 12.3. The molecule has 0 unspecified atom stereocenters. The molecule has 1 amide bonds. The van der Waals surface area contributed by atoms with Crippen LogP contribution >= 0.6 is 11.7 Å². The third-order valence-electron chi connectivity index (χ3n) is 3.80. The molecule has 2 heterocycles. The molecule has 7 nitrogen and oxygen atoms in total. The number of hydrogen-bond acceptors (Lipinski definition) is 6. The second kappa shape index (κ2) is 6.72. The third-order valence-corrected chi connectivity index (χ3v) is 4.34. The summed E-state index contributed by atoms with van der Waals surface area (Å²) in [5, 5.41) is 8.35. The van der Waals surface area contributed by atoms with Gasteiger partial charge in [0.1, 0.15) is 16.7 Å². The Kier molecular flexibility index (Phi) is 4.63. The highest BCUT2D eigenvalue weighted by Crippen LogP contribution is 2.20. The van der Waals surface area contributed by atoms with E-state index in [1.54, 1.807) is 9.58 Å². The summed E-state index contributed by atoms with van der Waals surface area (Å²) in [6.45, 7) is 10.5. The van der Waals surface area contributed by atoms with Gasteiger partial charge in [-0.15, -0.1) is 5.10 Å². The first-order chi connectivity index (χ1) is 11.9. The second-order valence-corrected chi connectivity index (χ2v) is 7.30. The van der Waals surface area contributed by atoms with Gasteiger partial charge in [0.05, 0.1) is 30.0 Å². The van der Waals surface area contributed by atoms with Crippen LogP contribution in [0.1, 0.15) is 32.0 Å². The Hall–Kier alpha value is -2.61. The van der Waals surface area contributed by atoms with Gasteiger partial charge in [-0.1, -0.05) is 23.9 Å². The van der Waals surface area contributed by atoms with E-state index in [0.29, 0.717) is 13.1 Å². The van der Waals surface area contributed by atoms with Crippen molar-refractivity contribution in [2.24, 2.45) is 0 Å². The first-order valence-corrected chi connectivity index (χ1v) is 8.64. The minimum Gasteiger partial charge on any atom is -0.329 e. The quantitative estimate of drug-likeness (QED) is 0.657. The molecule has 0 N–H and O–H groups in total. The van der Waals surface area contributed by atoms with E-state index >= 15 is 0 Å². The molecule has 3 rings (SSSR count). The molecule has 0 aliphatic heterocycles. The molecule has 0 radical (unpaired) electrons. The molecule has 130 valence electrons. The molecule has 8 heteroatoms. The van der Waals surface area contributed by atoms with Crippen molar-refractivity contribution >= 4 is 28.7 Å². The standard InChI is InChI=1S/C17H20N6OS/c1-5-15(24)22(10-13-11-23(21-18-13)17(2,3)4)9-12-7-6-8-14-16(12)20-25-19-14/h5-8,11H,1,9-10H2,2-4H3. The molecule has 1 aromatic carbocycles. The number of fused-ring (bicyclic) bond motifs is 1. The average molecular weight is 356 g/mol. The summed E-state index contributed by atoms with van der Waals surface area (Å²) in [6, 6.07) is 5.79. The Morgan fingerprint density at radius 2 is 2.12 bits per heavy atom. The van der Waals surface area contributed by atoms with Gasteiger partial charge in [0.15, 0.2) is 0 Å². The van der Waals surface area contributed by atoms with Gasteiger partial charge in [-0.05, 0) is 32.9 Å². The van der Waals surface area contributed by atoms with E-state index in [1.165, 1.54) is 17.8 Å². The molecule has 0 saturated carbocycles. The van der Waals surface area contributed by atoms with Crippen molar-refractivity contribution < 1.29 is 4.79 Å². The first-order valence-electron chi connectivity index (χ1n) is 7.91. The zero-order valence-corrected chi connectivity index (χ0v) is 15.3. The molecule has 0 aliphatic carbocycles. The molecular formula is C17H20N6OS. The topological polar surface area (TPSA) is 76.8 Å². The van der Waals surface area contributed by atoms with Gasteiger partial charge in [-0.25, -0.2) is 4.68 Å². The summed E-state index contributed by atoms with van der Waals surface area (Å²) in [7, 11) is 0. The summed E-state index contributed by atoms with van der Waals surface area (Å²) in [5.41, 5.74) is 3.19. The van der Waals surface area contributed by atoms with E-state index in [0.717, 1.165) is 22.3 Å². The Labute approximate surface area is 150 Å². The number of carbonyl (C=O) groups is 1. The monoisotopic (exact) mass is 356 g/mol. The van der Waals surface area contributed by atoms with Gasteiger partial charge in [0, 0.05) is 12.1 Å². The molecule has 0 spiro atoms. The number of nitrogens with zero attached hydrogens (tertiary/aromatic N) is 6. The van der Waals surface area contributed by atoms with Crippen LogP contribution in [0, 0.1) is 0 Å². The van der Waals surface area contributed by atoms with Gasteiger partial charge >= 0.3 is 0 Å². The number of rotatable bonds is 5. The number of hydrogen-bond donors (Lipinski definition) is 0. The normalized spacial score (nSPS) is 11.6. The van der Waals surface area contributed by atoms with Crippen molar-refractivity contribution in [2.45, 2.75) is 39.4 Å². The van der Waals surface area contributed by atoms with E-state index in [1.807, 2.05) is 45.2 Å². The number of carbonyl (C=O) groups excluding carboxylic acids is 1. The van der Waals surface area contributed by atoms with E-state index in [-0.39, 0.29) is 11.4 Å². The molecule has 2 aromatic heterocycles. The molecule has 0 bridgehead atoms. The number of aromatic nitrogens is 5. The highest BCUT2D eigenvalue weighted by atomic mass is 32.1. The summed E-state index contributed by atoms with van der Waals surface area (Å²) >= 11 is 1.17. The number of amides is 1. The minimum atomic E-state index is -0.162. The SMILES string of the molecule is C=CC(=O)N(Cc1cn(C(C)(C)C)nn1)Cc1cccc2nsnc12. The lowest BCUT2D eigenvalue weighted by Gasteiger charge is -2.20. The summed E-state index contributed by atoms with van der Waals surface area (Å²) in [4.78, 5) is 14.0. The van der Waals surface area contributed by atoms with Gasteiger partial charge in [-0.3, -0.25) is 4.79 Å². The van der Waals surface area contributed by atoms with E-state index in [4.69, 9.17) is 0 Å². The maximum atomic E-state index is 12.3. The lowest BCUT2D eigenvalue weighted by molar-refractivity contribution is -0.127. The highest BCUT2D eigenvalue weighted by Gasteiger charge is 2.19. The van der Waals surface area contributed by atoms with Gasteiger partial charge in [0.2, 0.25) is 5.91 Å². The minimum absolute atomic E-state index is 0.156.